The van der Waals surface area contributed by atoms with Gasteiger partial charge >= 0.3 is 0 Å². The number of nitrogens with zero attached hydrogens (tertiary/aromatic N) is 1. The molecular weight excluding hydrogens is 134 g/mol. The Morgan fingerprint density at radius 2 is 1.91 bits per heavy atom. The molecule has 0 radical (unpaired) electrons. The van der Waals surface area contributed by atoms with Gasteiger partial charge in [-0.1, -0.05) is 6.92 Å². The van der Waals surface area contributed by atoms with Crippen LogP contribution in [0.3, 0.4) is 0 Å². The molecule has 0 bridgehead atoms. The van der Waals surface area contributed by atoms with E-state index in [0.29, 0.717) is 11.6 Å². The lowest BCUT2D eigenvalue weighted by atomic mass is 9.90. The van der Waals surface area contributed by atoms with Crippen LogP contribution in [0, 0.1) is 5.92 Å². The number of hydrogen-bond donors (Lipinski definition) is 0. The summed E-state index contributed by atoms with van der Waals surface area (Å²) < 4.78 is 0. The van der Waals surface area contributed by atoms with Crippen molar-refractivity contribution in [1.29, 1.82) is 0 Å². The molecule has 0 aromatic carbocycles. The first kappa shape index (κ1) is 9.05. The van der Waals surface area contributed by atoms with Gasteiger partial charge in [0.25, 0.3) is 0 Å². The second kappa shape index (κ2) is 2.78. The molecule has 0 saturated carbocycles. The highest BCUT2D eigenvalue weighted by molar-refractivity contribution is 4.94. The summed E-state index contributed by atoms with van der Waals surface area (Å²) in [5.74, 6) is 0.852. The molecule has 1 atom stereocenters. The Hall–Kier alpha value is -0.0400. The van der Waals surface area contributed by atoms with Crippen molar-refractivity contribution in [2.45, 2.75) is 52.6 Å². The van der Waals surface area contributed by atoms with Gasteiger partial charge in [-0.2, -0.15) is 0 Å². The summed E-state index contributed by atoms with van der Waals surface area (Å²) in [6, 6.07) is 0.704. The molecule has 1 heterocycles. The second-order valence-corrected chi connectivity index (χ2v) is 4.63. The van der Waals surface area contributed by atoms with E-state index in [0.717, 1.165) is 5.92 Å². The van der Waals surface area contributed by atoms with Crippen molar-refractivity contribution in [3.8, 4) is 0 Å². The molecule has 0 aromatic heterocycles. The van der Waals surface area contributed by atoms with E-state index in [4.69, 9.17) is 0 Å². The molecule has 0 amide bonds. The normalized spacial score (nSPS) is 31.6. The van der Waals surface area contributed by atoms with E-state index in [1.807, 2.05) is 0 Å². The fourth-order valence-electron chi connectivity index (χ4n) is 2.18. The van der Waals surface area contributed by atoms with E-state index in [-0.39, 0.29) is 0 Å². The largest absolute Gasteiger partial charge is 0.296 e. The van der Waals surface area contributed by atoms with Crippen LogP contribution in [0.2, 0.25) is 0 Å². The maximum atomic E-state index is 2.61. The van der Waals surface area contributed by atoms with Gasteiger partial charge in [0, 0.05) is 11.6 Å². The zero-order valence-electron chi connectivity index (χ0n) is 8.52. The van der Waals surface area contributed by atoms with E-state index in [9.17, 15) is 0 Å². The Balaban J connectivity index is 2.70. The predicted molar refractivity (Wildman–Crippen MR) is 49.7 cm³/mol. The molecule has 11 heavy (non-hydrogen) atoms. The van der Waals surface area contributed by atoms with Gasteiger partial charge in [0.2, 0.25) is 0 Å². The van der Waals surface area contributed by atoms with Crippen LogP contribution in [0.4, 0.5) is 0 Å². The molecule has 0 spiro atoms. The number of likely N-dealkylation sites (tertiary alicyclic amines) is 1. The monoisotopic (exact) mass is 155 g/mol. The lowest BCUT2D eigenvalue weighted by molar-refractivity contribution is 0.110. The molecule has 66 valence electrons. The summed E-state index contributed by atoms with van der Waals surface area (Å²) in [4.78, 5) is 2.61. The molecule has 0 aliphatic carbocycles. The highest BCUT2D eigenvalue weighted by Gasteiger charge is 2.39. The first-order valence-electron chi connectivity index (χ1n) is 4.73. The van der Waals surface area contributed by atoms with Crippen molar-refractivity contribution >= 4 is 0 Å². The second-order valence-electron chi connectivity index (χ2n) is 4.63. The third-order valence-electron chi connectivity index (χ3n) is 3.37. The van der Waals surface area contributed by atoms with Crippen LogP contribution in [0.1, 0.15) is 41.0 Å². The Kier molecular flexibility index (Phi) is 2.29. The Morgan fingerprint density at radius 3 is 2.09 bits per heavy atom. The topological polar surface area (TPSA) is 3.24 Å². The van der Waals surface area contributed by atoms with E-state index in [1.165, 1.54) is 13.0 Å². The van der Waals surface area contributed by atoms with Crippen LogP contribution in [0.5, 0.6) is 0 Å². The third-order valence-corrected chi connectivity index (χ3v) is 3.37. The molecule has 1 nitrogen and oxygen atoms in total. The zero-order valence-corrected chi connectivity index (χ0v) is 8.52. The highest BCUT2D eigenvalue weighted by Crippen LogP contribution is 2.35. The smallest absolute Gasteiger partial charge is 0.0181 e. The fraction of sp³-hybridized carbons (Fsp3) is 1.00. The maximum Gasteiger partial charge on any atom is 0.0181 e. The molecule has 1 aliphatic heterocycles. The first-order valence-corrected chi connectivity index (χ1v) is 4.73. The lowest BCUT2D eigenvalue weighted by Gasteiger charge is -2.37. The number of rotatable bonds is 1. The summed E-state index contributed by atoms with van der Waals surface area (Å²) in [7, 11) is 0. The molecule has 0 N–H and O–H groups in total. The highest BCUT2D eigenvalue weighted by atomic mass is 15.2. The molecular formula is C10H21N. The Labute approximate surface area is 70.8 Å². The van der Waals surface area contributed by atoms with Gasteiger partial charge in [-0.15, -0.1) is 0 Å². The van der Waals surface area contributed by atoms with E-state index in [2.05, 4.69) is 39.5 Å². The van der Waals surface area contributed by atoms with Gasteiger partial charge in [0.15, 0.2) is 0 Å². The Morgan fingerprint density at radius 1 is 1.36 bits per heavy atom. The SMILES string of the molecule is CC(C)N1CCC(C)C1(C)C. The summed E-state index contributed by atoms with van der Waals surface area (Å²) in [5, 5.41) is 0. The minimum Gasteiger partial charge on any atom is -0.296 e. The van der Waals surface area contributed by atoms with Crippen molar-refractivity contribution in [2.75, 3.05) is 6.54 Å². The number of hydrogen-bond acceptors (Lipinski definition) is 1. The van der Waals surface area contributed by atoms with Crippen molar-refractivity contribution in [3.63, 3.8) is 0 Å². The third kappa shape index (κ3) is 1.44. The quantitative estimate of drug-likeness (QED) is 0.562. The van der Waals surface area contributed by atoms with Gasteiger partial charge in [-0.3, -0.25) is 4.90 Å². The average Bonchev–Trinajstić information content (AvgIpc) is 2.08. The van der Waals surface area contributed by atoms with Crippen LogP contribution in [-0.2, 0) is 0 Å². The molecule has 1 saturated heterocycles. The molecule has 0 aromatic rings. The summed E-state index contributed by atoms with van der Waals surface area (Å²) in [6.07, 6.45) is 1.37. The molecule has 1 heteroatoms. The standard InChI is InChI=1S/C10H21N/c1-8(2)11-7-6-9(3)10(11,4)5/h8-9H,6-7H2,1-5H3. The van der Waals surface area contributed by atoms with Crippen LogP contribution in [-0.4, -0.2) is 23.0 Å². The minimum absolute atomic E-state index is 0.425. The Bertz CT molecular complexity index is 138. The van der Waals surface area contributed by atoms with Crippen molar-refractivity contribution in [2.24, 2.45) is 5.92 Å². The van der Waals surface area contributed by atoms with Crippen LogP contribution < -0.4 is 0 Å². The average molecular weight is 155 g/mol. The first-order chi connectivity index (χ1) is 4.96. The van der Waals surface area contributed by atoms with Gasteiger partial charge in [-0.25, -0.2) is 0 Å². The predicted octanol–water partition coefficient (Wildman–Crippen LogP) is 2.52. The summed E-state index contributed by atoms with van der Waals surface area (Å²) in [5.41, 5.74) is 0.425. The van der Waals surface area contributed by atoms with Gasteiger partial charge in [0.05, 0.1) is 0 Å². The zero-order chi connectivity index (χ0) is 8.65. The van der Waals surface area contributed by atoms with Crippen molar-refractivity contribution < 1.29 is 0 Å². The molecule has 1 aliphatic rings. The molecule has 1 fully saturated rings. The van der Waals surface area contributed by atoms with E-state index in [1.54, 1.807) is 0 Å². The maximum absolute atomic E-state index is 2.61. The van der Waals surface area contributed by atoms with Gasteiger partial charge in [0.1, 0.15) is 0 Å². The van der Waals surface area contributed by atoms with E-state index < -0.39 is 0 Å². The van der Waals surface area contributed by atoms with Crippen molar-refractivity contribution in [1.82, 2.24) is 4.90 Å². The van der Waals surface area contributed by atoms with Crippen LogP contribution >= 0.6 is 0 Å². The molecule has 1 unspecified atom stereocenters. The van der Waals surface area contributed by atoms with Crippen molar-refractivity contribution in [3.05, 3.63) is 0 Å². The van der Waals surface area contributed by atoms with Gasteiger partial charge in [-0.05, 0) is 46.6 Å². The van der Waals surface area contributed by atoms with E-state index >= 15 is 0 Å². The summed E-state index contributed by atoms with van der Waals surface area (Å²) in [6.45, 7) is 13.0. The van der Waals surface area contributed by atoms with Crippen LogP contribution in [0.15, 0.2) is 0 Å². The molecule has 1 rings (SSSR count). The fourth-order valence-corrected chi connectivity index (χ4v) is 2.18. The van der Waals surface area contributed by atoms with Gasteiger partial charge < -0.3 is 0 Å². The summed E-state index contributed by atoms with van der Waals surface area (Å²) >= 11 is 0. The van der Waals surface area contributed by atoms with Crippen LogP contribution in [0.25, 0.3) is 0 Å². The minimum atomic E-state index is 0.425. The lowest BCUT2D eigenvalue weighted by Crippen LogP contribution is -2.45.